The van der Waals surface area contributed by atoms with Crippen molar-refractivity contribution in [1.29, 1.82) is 0 Å². The Labute approximate surface area is 113 Å². The van der Waals surface area contributed by atoms with E-state index in [0.29, 0.717) is 0 Å². The van der Waals surface area contributed by atoms with Gasteiger partial charge in [-0.2, -0.15) is 0 Å². The predicted molar refractivity (Wildman–Crippen MR) is 81.9 cm³/mol. The Hall–Kier alpha value is -0.550. The second-order valence-corrected chi connectivity index (χ2v) is 10.2. The molecular weight excluding hydrogens is 270 g/mol. The van der Waals surface area contributed by atoms with E-state index in [4.69, 9.17) is 23.2 Å². The van der Waals surface area contributed by atoms with Crippen LogP contribution in [0.5, 0.6) is 0 Å². The van der Waals surface area contributed by atoms with E-state index in [-0.39, 0.29) is 4.58 Å². The Balaban J connectivity index is 2.55. The van der Waals surface area contributed by atoms with E-state index in [9.17, 15) is 0 Å². The molecule has 2 aromatic carbocycles. The summed E-state index contributed by atoms with van der Waals surface area (Å²) < 4.78 is -0.354. The molecule has 0 radical (unpaired) electrons. The van der Waals surface area contributed by atoms with Gasteiger partial charge in [0, 0.05) is 0 Å². The van der Waals surface area contributed by atoms with Gasteiger partial charge >= 0.3 is 113 Å². The molecule has 0 unspecified atom stereocenters. The van der Waals surface area contributed by atoms with Crippen molar-refractivity contribution in [3.63, 3.8) is 0 Å². The molecule has 90 valence electrons. The van der Waals surface area contributed by atoms with E-state index in [0.717, 1.165) is 0 Å². The third kappa shape index (κ3) is 2.50. The summed E-state index contributed by atoms with van der Waals surface area (Å²) in [5.41, 5.74) is 0. The second-order valence-electron chi connectivity index (χ2n) is 4.24. The molecule has 0 bridgehead atoms. The maximum atomic E-state index is 6.28. The van der Waals surface area contributed by atoms with E-state index in [1.165, 1.54) is 10.6 Å². The number of benzene rings is 2. The minimum atomic E-state index is -2.05. The van der Waals surface area contributed by atoms with Crippen molar-refractivity contribution in [2.75, 3.05) is 6.66 Å². The Morgan fingerprint density at radius 2 is 1.12 bits per heavy atom. The van der Waals surface area contributed by atoms with E-state index >= 15 is 0 Å². The van der Waals surface area contributed by atoms with Gasteiger partial charge in [0.1, 0.15) is 0 Å². The molecule has 0 atom stereocenters. The average Bonchev–Trinajstić information content (AvgIpc) is 2.39. The van der Waals surface area contributed by atoms with Gasteiger partial charge in [-0.05, 0) is 0 Å². The molecule has 0 aliphatic heterocycles. The Bertz CT molecular complexity index is 429. The summed E-state index contributed by atoms with van der Waals surface area (Å²) in [6.07, 6.45) is 0. The van der Waals surface area contributed by atoms with Crippen LogP contribution in [-0.4, -0.2) is 11.2 Å². The molecule has 2 aromatic rings. The molecule has 0 spiro atoms. The van der Waals surface area contributed by atoms with Crippen molar-refractivity contribution in [2.24, 2.45) is 0 Å². The van der Waals surface area contributed by atoms with Crippen LogP contribution in [-0.2, 0) is 0 Å². The molecule has 0 nitrogen and oxygen atoms in total. The van der Waals surface area contributed by atoms with Crippen LogP contribution in [0.4, 0.5) is 0 Å². The number of rotatable bonds is 3. The molecule has 0 N–H and O–H groups in total. The van der Waals surface area contributed by atoms with E-state index in [1.807, 2.05) is 36.4 Å². The fraction of sp³-hybridized carbons (Fsp3) is 0.143. The van der Waals surface area contributed by atoms with Gasteiger partial charge in [0.15, 0.2) is 0 Å². The SMILES string of the molecule is C[PH](c1ccccc1)(c1ccccc1)C(Cl)Cl. The van der Waals surface area contributed by atoms with Crippen LogP contribution in [0.15, 0.2) is 60.7 Å². The Morgan fingerprint density at radius 1 is 0.765 bits per heavy atom. The van der Waals surface area contributed by atoms with Crippen LogP contribution in [0, 0.1) is 0 Å². The van der Waals surface area contributed by atoms with Crippen LogP contribution in [0.2, 0.25) is 0 Å². The van der Waals surface area contributed by atoms with Crippen LogP contribution in [0.1, 0.15) is 0 Å². The molecule has 3 heteroatoms. The number of hydrogen-bond acceptors (Lipinski definition) is 0. The van der Waals surface area contributed by atoms with Gasteiger partial charge in [0.05, 0.1) is 0 Å². The molecule has 0 heterocycles. The summed E-state index contributed by atoms with van der Waals surface area (Å²) in [6.45, 7) is 2.21. The molecule has 2 rings (SSSR count). The van der Waals surface area contributed by atoms with Crippen LogP contribution >= 0.6 is 30.5 Å². The van der Waals surface area contributed by atoms with Gasteiger partial charge in [0.2, 0.25) is 0 Å². The molecule has 0 amide bonds. The van der Waals surface area contributed by atoms with Gasteiger partial charge in [0.25, 0.3) is 0 Å². The summed E-state index contributed by atoms with van der Waals surface area (Å²) in [4.78, 5) is 0. The van der Waals surface area contributed by atoms with Crippen molar-refractivity contribution < 1.29 is 0 Å². The first kappa shape index (κ1) is 12.9. The topological polar surface area (TPSA) is 0 Å². The zero-order chi connectivity index (χ0) is 12.3. The van der Waals surface area contributed by atoms with Crippen molar-refractivity contribution in [3.05, 3.63) is 60.7 Å². The fourth-order valence-electron chi connectivity index (χ4n) is 1.99. The molecule has 0 aromatic heterocycles. The zero-order valence-corrected chi connectivity index (χ0v) is 12.1. The monoisotopic (exact) mass is 284 g/mol. The van der Waals surface area contributed by atoms with Crippen molar-refractivity contribution >= 4 is 41.1 Å². The Morgan fingerprint density at radius 3 is 1.41 bits per heavy atom. The minimum absolute atomic E-state index is 0.354. The molecule has 17 heavy (non-hydrogen) atoms. The van der Waals surface area contributed by atoms with Gasteiger partial charge in [-0.25, -0.2) is 0 Å². The number of halogens is 2. The first-order chi connectivity index (χ1) is 8.15. The van der Waals surface area contributed by atoms with Gasteiger partial charge in [-0.15, -0.1) is 0 Å². The standard InChI is InChI=1S/C14H15Cl2P/c1-17(14(15)16,12-8-4-2-5-9-12)13-10-6-3-7-11-13/h2-11,14,17H,1H3. The van der Waals surface area contributed by atoms with Gasteiger partial charge in [-0.1, -0.05) is 0 Å². The first-order valence-electron chi connectivity index (χ1n) is 5.55. The Kier molecular flexibility index (Phi) is 4.09. The summed E-state index contributed by atoms with van der Waals surface area (Å²) in [6, 6.07) is 20.7. The van der Waals surface area contributed by atoms with E-state index < -0.39 is 7.26 Å². The molecular formula is C14H15Cl2P. The summed E-state index contributed by atoms with van der Waals surface area (Å²) in [5.74, 6) is 0. The van der Waals surface area contributed by atoms with Gasteiger partial charge in [-0.3, -0.25) is 0 Å². The molecule has 0 saturated carbocycles. The summed E-state index contributed by atoms with van der Waals surface area (Å²) in [5, 5.41) is 2.53. The van der Waals surface area contributed by atoms with Crippen molar-refractivity contribution in [2.45, 2.75) is 4.58 Å². The summed E-state index contributed by atoms with van der Waals surface area (Å²) >= 11 is 12.6. The van der Waals surface area contributed by atoms with Crippen LogP contribution < -0.4 is 10.6 Å². The van der Waals surface area contributed by atoms with Gasteiger partial charge < -0.3 is 0 Å². The number of hydrogen-bond donors (Lipinski definition) is 0. The maximum absolute atomic E-state index is 6.28. The van der Waals surface area contributed by atoms with Crippen molar-refractivity contribution in [3.8, 4) is 0 Å². The average molecular weight is 285 g/mol. The molecule has 0 fully saturated rings. The van der Waals surface area contributed by atoms with Crippen LogP contribution in [0.25, 0.3) is 0 Å². The predicted octanol–water partition coefficient (Wildman–Crippen LogP) is 3.78. The van der Waals surface area contributed by atoms with E-state index in [2.05, 4.69) is 30.9 Å². The second kappa shape index (κ2) is 5.40. The molecule has 0 aliphatic rings. The quantitative estimate of drug-likeness (QED) is 0.594. The normalized spacial score (nSPS) is 12.7. The summed E-state index contributed by atoms with van der Waals surface area (Å²) in [7, 11) is -2.05. The third-order valence-electron chi connectivity index (χ3n) is 3.18. The molecule has 0 aliphatic carbocycles. The third-order valence-corrected chi connectivity index (χ3v) is 9.74. The zero-order valence-electron chi connectivity index (χ0n) is 9.61. The first-order valence-corrected chi connectivity index (χ1v) is 9.00. The van der Waals surface area contributed by atoms with Crippen LogP contribution in [0.3, 0.4) is 0 Å². The molecule has 0 saturated heterocycles. The van der Waals surface area contributed by atoms with E-state index in [1.54, 1.807) is 0 Å². The number of alkyl halides is 2. The fourth-order valence-corrected chi connectivity index (χ4v) is 6.11. The van der Waals surface area contributed by atoms with Crippen molar-refractivity contribution in [1.82, 2.24) is 0 Å².